The molecular formula is C19H20O5. The van der Waals surface area contributed by atoms with Crippen LogP contribution in [0.3, 0.4) is 0 Å². The van der Waals surface area contributed by atoms with Gasteiger partial charge in [0.25, 0.3) is 0 Å². The summed E-state index contributed by atoms with van der Waals surface area (Å²) in [5.74, 6) is 0.641. The predicted octanol–water partition coefficient (Wildman–Crippen LogP) is 3.61. The molecule has 0 N–H and O–H groups in total. The molecular weight excluding hydrogens is 308 g/mol. The molecule has 2 rings (SSSR count). The molecule has 0 spiro atoms. The van der Waals surface area contributed by atoms with Gasteiger partial charge in [0.05, 0.1) is 14.2 Å². The third-order valence-corrected chi connectivity index (χ3v) is 3.28. The van der Waals surface area contributed by atoms with Crippen LogP contribution in [0.4, 0.5) is 0 Å². The maximum atomic E-state index is 11.7. The third kappa shape index (κ3) is 4.52. The van der Waals surface area contributed by atoms with Crippen LogP contribution in [0.2, 0.25) is 0 Å². The summed E-state index contributed by atoms with van der Waals surface area (Å²) >= 11 is 0. The first-order valence-corrected chi connectivity index (χ1v) is 7.41. The van der Waals surface area contributed by atoms with Crippen LogP contribution in [0.5, 0.6) is 11.5 Å². The van der Waals surface area contributed by atoms with E-state index in [-0.39, 0.29) is 5.76 Å². The van der Waals surface area contributed by atoms with Gasteiger partial charge < -0.3 is 18.9 Å². The van der Waals surface area contributed by atoms with Gasteiger partial charge >= 0.3 is 5.97 Å². The molecule has 0 aromatic heterocycles. The molecule has 0 atom stereocenters. The van der Waals surface area contributed by atoms with Gasteiger partial charge in [0.2, 0.25) is 5.76 Å². The minimum atomic E-state index is -0.619. The standard InChI is InChI=1S/C19H20O5/c1-14-8-4-6-10-16(14)23-12-15-9-5-7-11-17(15)24-18(13-21-2)19(20)22-3/h4-11,13H,12H2,1-3H3. The number of aryl methyl sites for hydroxylation is 1. The van der Waals surface area contributed by atoms with E-state index < -0.39 is 5.97 Å². The molecule has 0 saturated carbocycles. The Balaban J connectivity index is 2.16. The number of carbonyl (C=O) groups excluding carboxylic acids is 1. The lowest BCUT2D eigenvalue weighted by Gasteiger charge is -2.14. The molecule has 0 aliphatic heterocycles. The van der Waals surface area contributed by atoms with Crippen molar-refractivity contribution in [1.29, 1.82) is 0 Å². The number of esters is 1. The van der Waals surface area contributed by atoms with Crippen molar-refractivity contribution in [2.75, 3.05) is 14.2 Å². The largest absolute Gasteiger partial charge is 0.500 e. The normalized spacial score (nSPS) is 10.9. The van der Waals surface area contributed by atoms with Crippen molar-refractivity contribution in [3.8, 4) is 11.5 Å². The van der Waals surface area contributed by atoms with Gasteiger partial charge in [0.1, 0.15) is 24.4 Å². The van der Waals surface area contributed by atoms with Gasteiger partial charge in [0.15, 0.2) is 0 Å². The minimum Gasteiger partial charge on any atom is -0.500 e. The highest BCUT2D eigenvalue weighted by Crippen LogP contribution is 2.24. The first-order chi connectivity index (χ1) is 11.7. The average molecular weight is 328 g/mol. The van der Waals surface area contributed by atoms with Crippen LogP contribution in [-0.4, -0.2) is 20.2 Å². The van der Waals surface area contributed by atoms with Gasteiger partial charge in [-0.25, -0.2) is 4.79 Å². The zero-order valence-corrected chi connectivity index (χ0v) is 13.9. The van der Waals surface area contributed by atoms with E-state index in [0.717, 1.165) is 16.9 Å². The molecule has 0 saturated heterocycles. The first-order valence-electron chi connectivity index (χ1n) is 7.41. The van der Waals surface area contributed by atoms with Crippen LogP contribution in [0, 0.1) is 6.92 Å². The first kappa shape index (κ1) is 17.4. The quantitative estimate of drug-likeness (QED) is 0.441. The topological polar surface area (TPSA) is 54.0 Å². The van der Waals surface area contributed by atoms with E-state index in [2.05, 4.69) is 4.74 Å². The Morgan fingerprint density at radius 1 is 1.00 bits per heavy atom. The number of ether oxygens (including phenoxy) is 4. The Labute approximate surface area is 141 Å². The van der Waals surface area contributed by atoms with Gasteiger partial charge in [0, 0.05) is 5.56 Å². The molecule has 0 radical (unpaired) electrons. The number of methoxy groups -OCH3 is 2. The smallest absolute Gasteiger partial charge is 0.377 e. The molecule has 0 aliphatic rings. The highest BCUT2D eigenvalue weighted by molar-refractivity contribution is 5.86. The van der Waals surface area contributed by atoms with Crippen molar-refractivity contribution >= 4 is 5.97 Å². The van der Waals surface area contributed by atoms with Gasteiger partial charge in [-0.15, -0.1) is 0 Å². The van der Waals surface area contributed by atoms with Crippen molar-refractivity contribution in [2.45, 2.75) is 13.5 Å². The number of rotatable bonds is 7. The Kier molecular flexibility index (Phi) is 6.25. The van der Waals surface area contributed by atoms with Gasteiger partial charge in [-0.05, 0) is 24.6 Å². The summed E-state index contributed by atoms with van der Waals surface area (Å²) in [5.41, 5.74) is 1.84. The van der Waals surface area contributed by atoms with E-state index in [1.165, 1.54) is 20.5 Å². The van der Waals surface area contributed by atoms with Crippen molar-refractivity contribution in [2.24, 2.45) is 0 Å². The number of carbonyl (C=O) groups is 1. The van der Waals surface area contributed by atoms with Crippen LogP contribution in [-0.2, 0) is 20.9 Å². The number of hydrogen-bond donors (Lipinski definition) is 0. The summed E-state index contributed by atoms with van der Waals surface area (Å²) in [6, 6.07) is 15.1. The van der Waals surface area contributed by atoms with Gasteiger partial charge in [-0.3, -0.25) is 0 Å². The zero-order valence-electron chi connectivity index (χ0n) is 13.9. The predicted molar refractivity (Wildman–Crippen MR) is 89.7 cm³/mol. The van der Waals surface area contributed by atoms with E-state index >= 15 is 0 Å². The van der Waals surface area contributed by atoms with Crippen LogP contribution >= 0.6 is 0 Å². The van der Waals surface area contributed by atoms with E-state index in [4.69, 9.17) is 14.2 Å². The monoisotopic (exact) mass is 328 g/mol. The maximum Gasteiger partial charge on any atom is 0.377 e. The number of hydrogen-bond acceptors (Lipinski definition) is 5. The SMILES string of the molecule is COC=C(Oc1ccccc1COc1ccccc1C)C(=O)OC. The summed E-state index contributed by atoms with van der Waals surface area (Å²) in [5, 5.41) is 0. The van der Waals surface area contributed by atoms with Crippen molar-refractivity contribution in [1.82, 2.24) is 0 Å². The summed E-state index contributed by atoms with van der Waals surface area (Å²) in [4.78, 5) is 11.7. The number of benzene rings is 2. The molecule has 0 bridgehead atoms. The van der Waals surface area contributed by atoms with Crippen LogP contribution in [0.25, 0.3) is 0 Å². The van der Waals surface area contributed by atoms with Gasteiger partial charge in [-0.2, -0.15) is 0 Å². The molecule has 5 nitrogen and oxygen atoms in total. The molecule has 5 heteroatoms. The molecule has 2 aromatic carbocycles. The van der Waals surface area contributed by atoms with Crippen molar-refractivity contribution in [3.63, 3.8) is 0 Å². The van der Waals surface area contributed by atoms with E-state index in [9.17, 15) is 4.79 Å². The highest BCUT2D eigenvalue weighted by Gasteiger charge is 2.15. The second kappa shape index (κ2) is 8.62. The third-order valence-electron chi connectivity index (χ3n) is 3.28. The van der Waals surface area contributed by atoms with E-state index in [0.29, 0.717) is 12.4 Å². The Morgan fingerprint density at radius 3 is 2.33 bits per heavy atom. The average Bonchev–Trinajstić information content (AvgIpc) is 2.61. The van der Waals surface area contributed by atoms with Crippen LogP contribution in [0.1, 0.15) is 11.1 Å². The van der Waals surface area contributed by atoms with E-state index in [1.807, 2.05) is 49.4 Å². The fourth-order valence-corrected chi connectivity index (χ4v) is 2.04. The summed E-state index contributed by atoms with van der Waals surface area (Å²) in [6.07, 6.45) is 1.20. The fourth-order valence-electron chi connectivity index (χ4n) is 2.04. The summed E-state index contributed by atoms with van der Waals surface area (Å²) in [7, 11) is 2.71. The number of para-hydroxylation sites is 2. The molecule has 0 fully saturated rings. The molecule has 0 unspecified atom stereocenters. The maximum absolute atomic E-state index is 11.7. The molecule has 24 heavy (non-hydrogen) atoms. The van der Waals surface area contributed by atoms with Crippen molar-refractivity contribution < 1.29 is 23.7 Å². The second-order valence-corrected chi connectivity index (χ2v) is 4.97. The Hall–Kier alpha value is -2.95. The lowest BCUT2D eigenvalue weighted by atomic mass is 10.2. The Morgan fingerprint density at radius 2 is 1.67 bits per heavy atom. The lowest BCUT2D eigenvalue weighted by molar-refractivity contribution is -0.138. The minimum absolute atomic E-state index is 0.0386. The van der Waals surface area contributed by atoms with Crippen molar-refractivity contribution in [3.05, 3.63) is 71.7 Å². The lowest BCUT2D eigenvalue weighted by Crippen LogP contribution is -2.12. The fraction of sp³-hybridized carbons (Fsp3) is 0.211. The van der Waals surface area contributed by atoms with Crippen LogP contribution in [0.15, 0.2) is 60.6 Å². The molecule has 0 heterocycles. The molecule has 2 aromatic rings. The zero-order chi connectivity index (χ0) is 17.4. The van der Waals surface area contributed by atoms with E-state index in [1.54, 1.807) is 6.07 Å². The highest BCUT2D eigenvalue weighted by atomic mass is 16.6. The molecule has 0 amide bonds. The molecule has 0 aliphatic carbocycles. The van der Waals surface area contributed by atoms with Crippen LogP contribution < -0.4 is 9.47 Å². The molecule has 126 valence electrons. The summed E-state index contributed by atoms with van der Waals surface area (Å²) < 4.78 is 21.0. The second-order valence-electron chi connectivity index (χ2n) is 4.97. The Bertz CT molecular complexity index is 721. The van der Waals surface area contributed by atoms with Gasteiger partial charge in [-0.1, -0.05) is 36.4 Å². The summed E-state index contributed by atoms with van der Waals surface area (Å²) in [6.45, 7) is 2.29.